The van der Waals surface area contributed by atoms with Crippen molar-refractivity contribution < 1.29 is 4.79 Å². The van der Waals surface area contributed by atoms with Gasteiger partial charge in [0.1, 0.15) is 0 Å². The van der Waals surface area contributed by atoms with E-state index in [4.69, 9.17) is 0 Å². The summed E-state index contributed by atoms with van der Waals surface area (Å²) in [5.41, 5.74) is 1.32. The second-order valence-corrected chi connectivity index (χ2v) is 8.44. The molecule has 0 saturated carbocycles. The molecule has 3 rings (SSSR count). The zero-order chi connectivity index (χ0) is 21.3. The first kappa shape index (κ1) is 25.7. The molecule has 2 aliphatic rings. The molecule has 8 heteroatoms. The number of para-hydroxylation sites is 1. The lowest BCUT2D eigenvalue weighted by Gasteiger charge is -2.40. The highest BCUT2D eigenvalue weighted by Crippen LogP contribution is 2.20. The van der Waals surface area contributed by atoms with E-state index in [2.05, 4.69) is 67.6 Å². The van der Waals surface area contributed by atoms with Crippen molar-refractivity contribution in [1.29, 1.82) is 0 Å². The van der Waals surface area contributed by atoms with Gasteiger partial charge in [-0.25, -0.2) is 0 Å². The molecule has 0 bridgehead atoms. The fourth-order valence-corrected chi connectivity index (χ4v) is 4.47. The first-order valence-corrected chi connectivity index (χ1v) is 11.3. The highest BCUT2D eigenvalue weighted by molar-refractivity contribution is 14.0. The number of carbonyl (C=O) groups excluding carboxylic acids is 1. The summed E-state index contributed by atoms with van der Waals surface area (Å²) in [7, 11) is 3.58. The van der Waals surface area contributed by atoms with Gasteiger partial charge in [0.2, 0.25) is 5.91 Å². The molecule has 0 spiro atoms. The maximum atomic E-state index is 11.6. The normalized spacial score (nSPS) is 19.5. The largest absolute Gasteiger partial charge is 0.369 e. The van der Waals surface area contributed by atoms with Crippen LogP contribution in [0.5, 0.6) is 0 Å². The summed E-state index contributed by atoms with van der Waals surface area (Å²) in [5.74, 6) is 1.62. The van der Waals surface area contributed by atoms with E-state index in [1.54, 1.807) is 7.05 Å². The van der Waals surface area contributed by atoms with Crippen LogP contribution in [0.15, 0.2) is 35.3 Å². The lowest BCUT2D eigenvalue weighted by Crippen LogP contribution is -2.54. The van der Waals surface area contributed by atoms with Crippen molar-refractivity contribution in [3.8, 4) is 0 Å². The molecule has 0 aliphatic carbocycles. The molecule has 0 aromatic heterocycles. The number of halogens is 1. The van der Waals surface area contributed by atoms with E-state index in [0.717, 1.165) is 64.6 Å². The van der Waals surface area contributed by atoms with Crippen molar-refractivity contribution in [2.24, 2.45) is 10.9 Å². The lowest BCUT2D eigenvalue weighted by molar-refractivity contribution is -0.121. The highest BCUT2D eigenvalue weighted by atomic mass is 127. The number of nitrogens with one attached hydrogen (secondary N) is 2. The third kappa shape index (κ3) is 7.52. The number of carbonyl (C=O) groups is 1. The number of nitrogens with zero attached hydrogens (tertiary/aromatic N) is 4. The second kappa shape index (κ2) is 13.1. The molecule has 1 aromatic rings. The Morgan fingerprint density at radius 3 is 2.32 bits per heavy atom. The Labute approximate surface area is 204 Å². The third-order valence-electron chi connectivity index (χ3n) is 6.49. The molecule has 2 fully saturated rings. The summed E-state index contributed by atoms with van der Waals surface area (Å²) in [6.45, 7) is 9.44. The van der Waals surface area contributed by atoms with Crippen molar-refractivity contribution in [1.82, 2.24) is 20.4 Å². The van der Waals surface area contributed by atoms with Crippen molar-refractivity contribution in [2.45, 2.75) is 32.2 Å². The zero-order valence-corrected chi connectivity index (χ0v) is 21.5. The summed E-state index contributed by atoms with van der Waals surface area (Å²) in [6.07, 6.45) is 2.73. The Morgan fingerprint density at radius 2 is 1.74 bits per heavy atom. The van der Waals surface area contributed by atoms with Gasteiger partial charge in [0.05, 0.1) is 0 Å². The fourth-order valence-electron chi connectivity index (χ4n) is 4.47. The Balaban J connectivity index is 0.00000341. The van der Waals surface area contributed by atoms with Crippen LogP contribution in [0.4, 0.5) is 5.69 Å². The van der Waals surface area contributed by atoms with E-state index < -0.39 is 0 Å². The van der Waals surface area contributed by atoms with Crippen LogP contribution in [0.1, 0.15) is 26.2 Å². The molecular weight excluding hydrogens is 503 g/mol. The van der Waals surface area contributed by atoms with Crippen LogP contribution in [-0.2, 0) is 4.79 Å². The van der Waals surface area contributed by atoms with Crippen molar-refractivity contribution in [3.63, 3.8) is 0 Å². The van der Waals surface area contributed by atoms with E-state index in [1.165, 1.54) is 5.69 Å². The number of aliphatic imine (C=N–C) groups is 1. The standard InChI is InChI=1S/C23H38N6O.HI/c1-19(27-13-15-28(16-14-27)21-7-5-4-6-8-21)18-26-23(25-3)29-11-9-20(10-12-29)17-22(30)24-2;/h4-8,19-20H,9-18H2,1-3H3,(H,24,30)(H,25,26);1H. The van der Waals surface area contributed by atoms with Crippen LogP contribution in [0.3, 0.4) is 0 Å². The van der Waals surface area contributed by atoms with Crippen LogP contribution in [-0.4, -0.2) is 87.6 Å². The number of benzene rings is 1. The van der Waals surface area contributed by atoms with Gasteiger partial charge in [-0.1, -0.05) is 18.2 Å². The van der Waals surface area contributed by atoms with Crippen molar-refractivity contribution in [2.75, 3.05) is 64.8 Å². The topological polar surface area (TPSA) is 63.2 Å². The van der Waals surface area contributed by atoms with Crippen molar-refractivity contribution >= 4 is 41.5 Å². The van der Waals surface area contributed by atoms with Crippen LogP contribution < -0.4 is 15.5 Å². The maximum Gasteiger partial charge on any atom is 0.220 e. The van der Waals surface area contributed by atoms with Crippen LogP contribution in [0, 0.1) is 5.92 Å². The predicted octanol–water partition coefficient (Wildman–Crippen LogP) is 2.24. The zero-order valence-electron chi connectivity index (χ0n) is 19.2. The number of piperazine rings is 1. The van der Waals surface area contributed by atoms with Crippen LogP contribution >= 0.6 is 24.0 Å². The molecule has 7 nitrogen and oxygen atoms in total. The molecule has 1 unspecified atom stereocenters. The number of guanidine groups is 1. The van der Waals surface area contributed by atoms with Gasteiger partial charge in [-0.2, -0.15) is 0 Å². The minimum Gasteiger partial charge on any atom is -0.369 e. The lowest BCUT2D eigenvalue weighted by atomic mass is 9.93. The molecule has 2 N–H and O–H groups in total. The number of hydrogen-bond acceptors (Lipinski definition) is 4. The quantitative estimate of drug-likeness (QED) is 0.328. The predicted molar refractivity (Wildman–Crippen MR) is 139 cm³/mol. The van der Waals surface area contributed by atoms with Gasteiger partial charge in [0.15, 0.2) is 5.96 Å². The number of likely N-dealkylation sites (tertiary alicyclic amines) is 1. The minimum absolute atomic E-state index is 0. The number of hydrogen-bond donors (Lipinski definition) is 2. The Kier molecular flexibility index (Phi) is 10.9. The smallest absolute Gasteiger partial charge is 0.220 e. The Morgan fingerprint density at radius 1 is 1.10 bits per heavy atom. The average Bonchev–Trinajstić information content (AvgIpc) is 2.81. The van der Waals surface area contributed by atoms with Crippen LogP contribution in [0.2, 0.25) is 0 Å². The number of amides is 1. The van der Waals surface area contributed by atoms with Gasteiger partial charge in [0, 0.05) is 78.1 Å². The molecule has 2 saturated heterocycles. The molecule has 1 atom stereocenters. The van der Waals surface area contributed by atoms with E-state index in [9.17, 15) is 4.79 Å². The molecule has 2 heterocycles. The monoisotopic (exact) mass is 542 g/mol. The molecule has 2 aliphatic heterocycles. The van der Waals surface area contributed by atoms with E-state index in [0.29, 0.717) is 18.4 Å². The second-order valence-electron chi connectivity index (χ2n) is 8.44. The molecule has 31 heavy (non-hydrogen) atoms. The Hall–Kier alpha value is -1.55. The minimum atomic E-state index is 0. The van der Waals surface area contributed by atoms with E-state index in [-0.39, 0.29) is 29.9 Å². The first-order valence-electron chi connectivity index (χ1n) is 11.3. The Bertz CT molecular complexity index is 685. The van der Waals surface area contributed by atoms with E-state index in [1.807, 2.05) is 7.05 Å². The van der Waals surface area contributed by atoms with Gasteiger partial charge in [-0.15, -0.1) is 24.0 Å². The third-order valence-corrected chi connectivity index (χ3v) is 6.49. The van der Waals surface area contributed by atoms with E-state index >= 15 is 0 Å². The average molecular weight is 543 g/mol. The van der Waals surface area contributed by atoms with Gasteiger partial charge >= 0.3 is 0 Å². The summed E-state index contributed by atoms with van der Waals surface area (Å²) in [4.78, 5) is 23.5. The van der Waals surface area contributed by atoms with Gasteiger partial charge in [-0.3, -0.25) is 14.7 Å². The summed E-state index contributed by atoms with van der Waals surface area (Å²) >= 11 is 0. The maximum absolute atomic E-state index is 11.6. The van der Waals surface area contributed by atoms with Gasteiger partial charge in [-0.05, 0) is 37.8 Å². The number of anilines is 1. The SMILES string of the molecule is CN=C(NCC(C)N1CCN(c2ccccc2)CC1)N1CCC(CC(=O)NC)CC1.I. The molecule has 0 radical (unpaired) electrons. The molecule has 1 amide bonds. The number of rotatable bonds is 6. The first-order chi connectivity index (χ1) is 14.6. The van der Waals surface area contributed by atoms with Gasteiger partial charge < -0.3 is 20.4 Å². The van der Waals surface area contributed by atoms with Crippen molar-refractivity contribution in [3.05, 3.63) is 30.3 Å². The summed E-state index contributed by atoms with van der Waals surface area (Å²) < 4.78 is 0. The summed E-state index contributed by atoms with van der Waals surface area (Å²) in [6, 6.07) is 11.2. The van der Waals surface area contributed by atoms with Gasteiger partial charge in [0.25, 0.3) is 0 Å². The molecule has 174 valence electrons. The molecule has 1 aromatic carbocycles. The van der Waals surface area contributed by atoms with Crippen LogP contribution in [0.25, 0.3) is 0 Å². The summed E-state index contributed by atoms with van der Waals surface area (Å²) in [5, 5.41) is 6.32. The molecular formula is C23H39IN6O. The highest BCUT2D eigenvalue weighted by Gasteiger charge is 2.25. The fraction of sp³-hybridized carbons (Fsp3) is 0.652. The number of piperidine rings is 1.